The van der Waals surface area contributed by atoms with Crippen LogP contribution in [0.5, 0.6) is 0 Å². The molecule has 0 fully saturated rings. The van der Waals surface area contributed by atoms with E-state index in [0.29, 0.717) is 5.56 Å². The SMILES string of the molecule is Cc1csc(C(C)NC(=O)c2ccc(NN)cc2C)n1. The van der Waals surface area contributed by atoms with Gasteiger partial charge in [0.15, 0.2) is 0 Å². The number of nitrogens with zero attached hydrogens (tertiary/aromatic N) is 1. The molecule has 1 aromatic carbocycles. The summed E-state index contributed by atoms with van der Waals surface area (Å²) in [6, 6.07) is 5.28. The summed E-state index contributed by atoms with van der Waals surface area (Å²) in [4.78, 5) is 16.7. The Morgan fingerprint density at radius 3 is 2.70 bits per heavy atom. The third-order valence-electron chi connectivity index (χ3n) is 2.99. The van der Waals surface area contributed by atoms with Gasteiger partial charge < -0.3 is 10.7 Å². The highest BCUT2D eigenvalue weighted by Gasteiger charge is 2.15. The summed E-state index contributed by atoms with van der Waals surface area (Å²) in [5.41, 5.74) is 5.83. The molecule has 2 rings (SSSR count). The van der Waals surface area contributed by atoms with Crippen molar-refractivity contribution in [2.24, 2.45) is 5.84 Å². The first-order chi connectivity index (χ1) is 9.51. The number of amides is 1. The first-order valence-electron chi connectivity index (χ1n) is 6.31. The number of nitrogens with two attached hydrogens (primary N) is 1. The minimum Gasteiger partial charge on any atom is -0.343 e. The Morgan fingerprint density at radius 2 is 2.15 bits per heavy atom. The maximum Gasteiger partial charge on any atom is 0.252 e. The molecule has 0 saturated carbocycles. The number of hydrazine groups is 1. The Hall–Kier alpha value is -1.92. The van der Waals surface area contributed by atoms with Gasteiger partial charge in [-0.25, -0.2) is 4.98 Å². The fraction of sp³-hybridized carbons (Fsp3) is 0.286. The molecule has 106 valence electrons. The maximum atomic E-state index is 12.3. The highest BCUT2D eigenvalue weighted by atomic mass is 32.1. The lowest BCUT2D eigenvalue weighted by Gasteiger charge is -2.13. The average molecular weight is 290 g/mol. The van der Waals surface area contributed by atoms with Crippen molar-refractivity contribution in [1.82, 2.24) is 10.3 Å². The number of benzene rings is 1. The quantitative estimate of drug-likeness (QED) is 0.597. The van der Waals surface area contributed by atoms with Crippen LogP contribution in [0.25, 0.3) is 0 Å². The summed E-state index contributed by atoms with van der Waals surface area (Å²) in [6.45, 7) is 5.76. The number of thiazole rings is 1. The van der Waals surface area contributed by atoms with Crippen LogP contribution >= 0.6 is 11.3 Å². The Morgan fingerprint density at radius 1 is 1.40 bits per heavy atom. The number of carbonyl (C=O) groups is 1. The smallest absolute Gasteiger partial charge is 0.252 e. The van der Waals surface area contributed by atoms with E-state index >= 15 is 0 Å². The third-order valence-corrected chi connectivity index (χ3v) is 4.14. The summed E-state index contributed by atoms with van der Waals surface area (Å²) in [5.74, 6) is 5.24. The highest BCUT2D eigenvalue weighted by Crippen LogP contribution is 2.19. The molecule has 20 heavy (non-hydrogen) atoms. The number of carbonyl (C=O) groups excluding carboxylic acids is 1. The van der Waals surface area contributed by atoms with E-state index < -0.39 is 0 Å². The number of hydrogen-bond acceptors (Lipinski definition) is 5. The zero-order valence-corrected chi connectivity index (χ0v) is 12.5. The average Bonchev–Trinajstić information content (AvgIpc) is 2.85. The minimum absolute atomic E-state index is 0.104. The normalized spacial score (nSPS) is 12.0. The lowest BCUT2D eigenvalue weighted by molar-refractivity contribution is 0.0939. The second-order valence-electron chi connectivity index (χ2n) is 4.70. The van der Waals surface area contributed by atoms with Crippen molar-refractivity contribution >= 4 is 22.9 Å². The van der Waals surface area contributed by atoms with Crippen LogP contribution in [0.3, 0.4) is 0 Å². The molecule has 0 bridgehead atoms. The van der Waals surface area contributed by atoms with E-state index in [4.69, 9.17) is 5.84 Å². The predicted molar refractivity (Wildman–Crippen MR) is 81.7 cm³/mol. The molecule has 1 aromatic heterocycles. The van der Waals surface area contributed by atoms with Crippen LogP contribution < -0.4 is 16.6 Å². The van der Waals surface area contributed by atoms with E-state index in [9.17, 15) is 4.79 Å². The number of rotatable bonds is 4. The maximum absolute atomic E-state index is 12.3. The monoisotopic (exact) mass is 290 g/mol. The molecule has 1 unspecified atom stereocenters. The number of aromatic nitrogens is 1. The Balaban J connectivity index is 2.12. The second kappa shape index (κ2) is 6.02. The van der Waals surface area contributed by atoms with E-state index in [0.717, 1.165) is 22.0 Å². The first kappa shape index (κ1) is 14.5. The Bertz CT molecular complexity index is 623. The fourth-order valence-electron chi connectivity index (χ4n) is 1.92. The third kappa shape index (κ3) is 3.15. The van der Waals surface area contributed by atoms with Gasteiger partial charge in [-0.2, -0.15) is 0 Å². The van der Waals surface area contributed by atoms with Gasteiger partial charge in [0.2, 0.25) is 0 Å². The molecular formula is C14H18N4OS. The minimum atomic E-state index is -0.105. The second-order valence-corrected chi connectivity index (χ2v) is 5.59. The molecule has 0 aliphatic carbocycles. The van der Waals surface area contributed by atoms with E-state index in [1.807, 2.05) is 32.2 Å². The van der Waals surface area contributed by atoms with Crippen LogP contribution in [0, 0.1) is 13.8 Å². The van der Waals surface area contributed by atoms with Crippen LogP contribution in [0.1, 0.15) is 39.6 Å². The molecule has 0 spiro atoms. The molecule has 5 nitrogen and oxygen atoms in total. The molecule has 2 aromatic rings. The molecule has 1 heterocycles. The van der Waals surface area contributed by atoms with Crippen LogP contribution in [-0.4, -0.2) is 10.9 Å². The van der Waals surface area contributed by atoms with Crippen molar-refractivity contribution in [3.8, 4) is 0 Å². The van der Waals surface area contributed by atoms with Gasteiger partial charge in [-0.05, 0) is 44.5 Å². The number of aryl methyl sites for hydroxylation is 2. The number of nitrogens with one attached hydrogen (secondary N) is 2. The molecule has 0 saturated heterocycles. The summed E-state index contributed by atoms with van der Waals surface area (Å²) in [6.07, 6.45) is 0. The summed E-state index contributed by atoms with van der Waals surface area (Å²) in [7, 11) is 0. The lowest BCUT2D eigenvalue weighted by Crippen LogP contribution is -2.27. The topological polar surface area (TPSA) is 80.0 Å². The summed E-state index contributed by atoms with van der Waals surface area (Å²) >= 11 is 1.55. The highest BCUT2D eigenvalue weighted by molar-refractivity contribution is 7.09. The van der Waals surface area contributed by atoms with Crippen molar-refractivity contribution in [3.63, 3.8) is 0 Å². The van der Waals surface area contributed by atoms with Gasteiger partial charge >= 0.3 is 0 Å². The molecular weight excluding hydrogens is 272 g/mol. The largest absolute Gasteiger partial charge is 0.343 e. The van der Waals surface area contributed by atoms with E-state index in [-0.39, 0.29) is 11.9 Å². The van der Waals surface area contributed by atoms with Crippen LogP contribution in [0.15, 0.2) is 23.6 Å². The Kier molecular flexibility index (Phi) is 4.36. The van der Waals surface area contributed by atoms with Crippen molar-refractivity contribution in [2.45, 2.75) is 26.8 Å². The van der Waals surface area contributed by atoms with E-state index in [1.54, 1.807) is 23.5 Å². The molecule has 6 heteroatoms. The molecule has 1 atom stereocenters. The van der Waals surface area contributed by atoms with Gasteiger partial charge in [0.05, 0.1) is 6.04 Å². The molecule has 0 aliphatic heterocycles. The fourth-order valence-corrected chi connectivity index (χ4v) is 2.72. The number of nitrogen functional groups attached to an aromatic ring is 1. The number of hydrogen-bond donors (Lipinski definition) is 3. The lowest BCUT2D eigenvalue weighted by atomic mass is 10.1. The molecule has 1 amide bonds. The standard InChI is InChI=1S/C14H18N4OS/c1-8-6-11(18-15)4-5-12(8)13(19)17-10(3)14-16-9(2)7-20-14/h4-7,10,18H,15H2,1-3H3,(H,17,19). The Labute approximate surface area is 122 Å². The zero-order chi connectivity index (χ0) is 14.7. The van der Waals surface area contributed by atoms with Crippen molar-refractivity contribution in [2.75, 3.05) is 5.43 Å². The van der Waals surface area contributed by atoms with Gasteiger partial charge in [-0.15, -0.1) is 11.3 Å². The zero-order valence-electron chi connectivity index (χ0n) is 11.7. The van der Waals surface area contributed by atoms with Gasteiger partial charge in [0, 0.05) is 22.3 Å². The van der Waals surface area contributed by atoms with Gasteiger partial charge in [0.1, 0.15) is 5.01 Å². The van der Waals surface area contributed by atoms with Crippen LogP contribution in [0.2, 0.25) is 0 Å². The van der Waals surface area contributed by atoms with Crippen LogP contribution in [0.4, 0.5) is 5.69 Å². The van der Waals surface area contributed by atoms with Gasteiger partial charge in [-0.1, -0.05) is 0 Å². The summed E-state index contributed by atoms with van der Waals surface area (Å²) < 4.78 is 0. The van der Waals surface area contributed by atoms with Gasteiger partial charge in [0.25, 0.3) is 5.91 Å². The van der Waals surface area contributed by atoms with Gasteiger partial charge in [-0.3, -0.25) is 10.6 Å². The molecule has 0 radical (unpaired) electrons. The van der Waals surface area contributed by atoms with Crippen molar-refractivity contribution in [1.29, 1.82) is 0 Å². The van der Waals surface area contributed by atoms with Crippen molar-refractivity contribution in [3.05, 3.63) is 45.4 Å². The molecule has 0 aliphatic rings. The van der Waals surface area contributed by atoms with Crippen LogP contribution in [-0.2, 0) is 0 Å². The molecule has 4 N–H and O–H groups in total. The first-order valence-corrected chi connectivity index (χ1v) is 7.19. The van der Waals surface area contributed by atoms with E-state index in [2.05, 4.69) is 15.7 Å². The summed E-state index contributed by atoms with van der Waals surface area (Å²) in [5, 5.41) is 5.85. The predicted octanol–water partition coefficient (Wildman–Crippen LogP) is 2.54. The van der Waals surface area contributed by atoms with Crippen molar-refractivity contribution < 1.29 is 4.79 Å². The number of anilines is 1. The van der Waals surface area contributed by atoms with E-state index in [1.165, 1.54) is 0 Å².